The monoisotopic (exact) mass is 298 g/mol. The molecule has 0 unspecified atom stereocenters. The molecule has 2 N–H and O–H groups in total. The minimum Gasteiger partial charge on any atom is -0.480 e. The number of carbonyl (C=O) groups excluding carboxylic acids is 1. The molecule has 0 atom stereocenters. The van der Waals surface area contributed by atoms with Gasteiger partial charge in [-0.15, -0.1) is 0 Å². The summed E-state index contributed by atoms with van der Waals surface area (Å²) in [7, 11) is 0. The standard InChI is InChI=1S/C12H21F3N2O3/c1-9(2)5-3-4-6-16-11(20)17(7-10(18)19)8-12(13,14)15/h9H,3-8H2,1-2H3,(H,16,20)(H,18,19). The predicted octanol–water partition coefficient (Wildman–Crippen LogP) is 2.47. The number of carboxylic acids is 1. The van der Waals surface area contributed by atoms with Crippen molar-refractivity contribution in [1.29, 1.82) is 0 Å². The topological polar surface area (TPSA) is 69.6 Å². The summed E-state index contributed by atoms with van der Waals surface area (Å²) in [6.07, 6.45) is -2.14. The van der Waals surface area contributed by atoms with E-state index < -0.39 is 31.3 Å². The van der Waals surface area contributed by atoms with Gasteiger partial charge in [0.05, 0.1) is 0 Å². The summed E-state index contributed by atoms with van der Waals surface area (Å²) < 4.78 is 36.7. The predicted molar refractivity (Wildman–Crippen MR) is 67.4 cm³/mol. The number of alkyl halides is 3. The Hall–Kier alpha value is -1.47. The Morgan fingerprint density at radius 3 is 2.30 bits per heavy atom. The first-order valence-electron chi connectivity index (χ1n) is 6.43. The SMILES string of the molecule is CC(C)CCCCNC(=O)N(CC(=O)O)CC(F)(F)F. The van der Waals surface area contributed by atoms with E-state index in [0.717, 1.165) is 12.8 Å². The fourth-order valence-electron chi connectivity index (χ4n) is 1.56. The Morgan fingerprint density at radius 1 is 1.25 bits per heavy atom. The fourth-order valence-corrected chi connectivity index (χ4v) is 1.56. The van der Waals surface area contributed by atoms with Gasteiger partial charge in [0.2, 0.25) is 0 Å². The number of amides is 2. The molecule has 0 aromatic rings. The number of carbonyl (C=O) groups is 2. The van der Waals surface area contributed by atoms with Crippen LogP contribution in [0.4, 0.5) is 18.0 Å². The van der Waals surface area contributed by atoms with Gasteiger partial charge in [0.1, 0.15) is 13.1 Å². The number of carboxylic acid groups (broad SMARTS) is 1. The minimum atomic E-state index is -4.62. The molecule has 8 heteroatoms. The van der Waals surface area contributed by atoms with Gasteiger partial charge in [-0.25, -0.2) is 4.79 Å². The first kappa shape index (κ1) is 18.5. The molecule has 0 radical (unpaired) electrons. The van der Waals surface area contributed by atoms with Crippen LogP contribution in [0.5, 0.6) is 0 Å². The second-order valence-electron chi connectivity index (χ2n) is 4.99. The number of unbranched alkanes of at least 4 members (excludes halogenated alkanes) is 1. The van der Waals surface area contributed by atoms with E-state index in [4.69, 9.17) is 5.11 Å². The summed E-state index contributed by atoms with van der Waals surface area (Å²) in [5.41, 5.74) is 0. The van der Waals surface area contributed by atoms with Crippen molar-refractivity contribution in [3.8, 4) is 0 Å². The number of rotatable bonds is 8. The third-order valence-electron chi connectivity index (χ3n) is 2.47. The van der Waals surface area contributed by atoms with Crippen molar-refractivity contribution in [3.63, 3.8) is 0 Å². The van der Waals surface area contributed by atoms with Crippen molar-refractivity contribution in [2.24, 2.45) is 5.92 Å². The van der Waals surface area contributed by atoms with Gasteiger partial charge >= 0.3 is 18.2 Å². The van der Waals surface area contributed by atoms with Gasteiger partial charge in [0, 0.05) is 6.54 Å². The number of hydrogen-bond acceptors (Lipinski definition) is 2. The summed E-state index contributed by atoms with van der Waals surface area (Å²) in [6.45, 7) is 1.79. The zero-order valence-electron chi connectivity index (χ0n) is 11.7. The summed E-state index contributed by atoms with van der Waals surface area (Å²) in [6, 6.07) is -1.01. The van der Waals surface area contributed by atoms with E-state index in [-0.39, 0.29) is 11.4 Å². The summed E-state index contributed by atoms with van der Waals surface area (Å²) >= 11 is 0. The molecule has 0 aromatic carbocycles. The first-order valence-corrected chi connectivity index (χ1v) is 6.43. The zero-order valence-corrected chi connectivity index (χ0v) is 11.7. The number of nitrogens with one attached hydrogen (secondary N) is 1. The molecular weight excluding hydrogens is 277 g/mol. The second-order valence-corrected chi connectivity index (χ2v) is 4.99. The van der Waals surface area contributed by atoms with Crippen LogP contribution in [0.25, 0.3) is 0 Å². The molecule has 0 aliphatic carbocycles. The lowest BCUT2D eigenvalue weighted by Crippen LogP contribution is -2.47. The maximum Gasteiger partial charge on any atom is 0.406 e. The maximum atomic E-state index is 12.2. The van der Waals surface area contributed by atoms with Crippen LogP contribution in [0, 0.1) is 5.92 Å². The molecule has 20 heavy (non-hydrogen) atoms. The lowest BCUT2D eigenvalue weighted by atomic mass is 10.1. The summed E-state index contributed by atoms with van der Waals surface area (Å²) in [4.78, 5) is 22.2. The van der Waals surface area contributed by atoms with Crippen LogP contribution in [0.2, 0.25) is 0 Å². The Bertz CT molecular complexity index is 320. The molecule has 0 bridgehead atoms. The Balaban J connectivity index is 4.17. The van der Waals surface area contributed by atoms with Crippen LogP contribution in [0.3, 0.4) is 0 Å². The van der Waals surface area contributed by atoms with Crippen LogP contribution < -0.4 is 5.32 Å². The van der Waals surface area contributed by atoms with E-state index in [1.807, 2.05) is 0 Å². The highest BCUT2D eigenvalue weighted by molar-refractivity contribution is 5.80. The smallest absolute Gasteiger partial charge is 0.406 e. The Morgan fingerprint density at radius 2 is 1.85 bits per heavy atom. The molecular formula is C12H21F3N2O3. The van der Waals surface area contributed by atoms with E-state index in [2.05, 4.69) is 19.2 Å². The Kier molecular flexibility index (Phi) is 8.02. The number of hydrogen-bond donors (Lipinski definition) is 2. The lowest BCUT2D eigenvalue weighted by molar-refractivity contribution is -0.148. The largest absolute Gasteiger partial charge is 0.480 e. The Labute approximate surface area is 116 Å². The number of urea groups is 1. The third-order valence-corrected chi connectivity index (χ3v) is 2.47. The number of nitrogens with zero attached hydrogens (tertiary/aromatic N) is 1. The van der Waals surface area contributed by atoms with Crippen LogP contribution in [0.15, 0.2) is 0 Å². The van der Waals surface area contributed by atoms with Crippen molar-refractivity contribution in [2.45, 2.75) is 39.3 Å². The van der Waals surface area contributed by atoms with Crippen molar-refractivity contribution in [3.05, 3.63) is 0 Å². The highest BCUT2D eigenvalue weighted by Gasteiger charge is 2.33. The average Bonchev–Trinajstić information content (AvgIpc) is 2.24. The fraction of sp³-hybridized carbons (Fsp3) is 0.833. The van der Waals surface area contributed by atoms with Gasteiger partial charge in [-0.1, -0.05) is 26.7 Å². The van der Waals surface area contributed by atoms with Gasteiger partial charge in [-0.3, -0.25) is 4.79 Å². The maximum absolute atomic E-state index is 12.2. The van der Waals surface area contributed by atoms with Crippen molar-refractivity contribution < 1.29 is 27.9 Å². The average molecular weight is 298 g/mol. The summed E-state index contributed by atoms with van der Waals surface area (Å²) in [5.74, 6) is -0.955. The number of halogens is 3. The van der Waals surface area contributed by atoms with Crippen molar-refractivity contribution in [1.82, 2.24) is 10.2 Å². The third kappa shape index (κ3) is 10.5. The van der Waals surface area contributed by atoms with E-state index >= 15 is 0 Å². The number of aliphatic carboxylic acids is 1. The van der Waals surface area contributed by atoms with Crippen LogP contribution in [-0.2, 0) is 4.79 Å². The van der Waals surface area contributed by atoms with Crippen molar-refractivity contribution >= 4 is 12.0 Å². The normalized spacial score (nSPS) is 11.5. The lowest BCUT2D eigenvalue weighted by Gasteiger charge is -2.22. The van der Waals surface area contributed by atoms with Gasteiger partial charge in [0.15, 0.2) is 0 Å². The van der Waals surface area contributed by atoms with Gasteiger partial charge < -0.3 is 15.3 Å². The molecule has 5 nitrogen and oxygen atoms in total. The molecule has 0 fully saturated rings. The van der Waals surface area contributed by atoms with E-state index in [0.29, 0.717) is 12.3 Å². The molecule has 0 saturated heterocycles. The second kappa shape index (κ2) is 8.65. The molecule has 0 saturated carbocycles. The minimum absolute atomic E-state index is 0.236. The van der Waals surface area contributed by atoms with Crippen LogP contribution >= 0.6 is 0 Å². The van der Waals surface area contributed by atoms with E-state index in [9.17, 15) is 22.8 Å². The molecule has 0 heterocycles. The van der Waals surface area contributed by atoms with Gasteiger partial charge in [-0.2, -0.15) is 13.2 Å². The van der Waals surface area contributed by atoms with Gasteiger partial charge in [0.25, 0.3) is 0 Å². The van der Waals surface area contributed by atoms with Crippen LogP contribution in [-0.4, -0.2) is 47.8 Å². The van der Waals surface area contributed by atoms with Crippen molar-refractivity contribution in [2.75, 3.05) is 19.6 Å². The molecule has 118 valence electrons. The highest BCUT2D eigenvalue weighted by atomic mass is 19.4. The quantitative estimate of drug-likeness (QED) is 0.676. The van der Waals surface area contributed by atoms with Gasteiger partial charge in [-0.05, 0) is 12.3 Å². The molecule has 0 spiro atoms. The highest BCUT2D eigenvalue weighted by Crippen LogP contribution is 2.16. The van der Waals surface area contributed by atoms with Crippen LogP contribution in [0.1, 0.15) is 33.1 Å². The molecule has 0 aliphatic heterocycles. The molecule has 0 aromatic heterocycles. The molecule has 2 amide bonds. The molecule has 0 rings (SSSR count). The zero-order chi connectivity index (χ0) is 15.8. The summed E-state index contributed by atoms with van der Waals surface area (Å²) in [5, 5.41) is 10.8. The first-order chi connectivity index (χ1) is 9.11. The van der Waals surface area contributed by atoms with E-state index in [1.54, 1.807) is 0 Å². The van der Waals surface area contributed by atoms with E-state index in [1.165, 1.54) is 0 Å². The molecule has 0 aliphatic rings.